The van der Waals surface area contributed by atoms with Gasteiger partial charge in [0, 0.05) is 21.9 Å². The molecule has 3 rings (SSSR count). The van der Waals surface area contributed by atoms with Crippen molar-refractivity contribution < 1.29 is 14.3 Å². The number of carbonyl (C=O) groups is 1. The van der Waals surface area contributed by atoms with Crippen LogP contribution < -0.4 is 15.4 Å². The third-order valence-corrected chi connectivity index (χ3v) is 5.04. The third kappa shape index (κ3) is 5.39. The standard InChI is InChI=1S/C19H19IN2O3S/c20-17-9-2-1-8-16(17)18(23)22-19(26)21-13-5-3-6-14(11-13)25-12-15-7-4-10-24-15/h1-3,5-6,8-9,11,15H,4,7,10,12H2,(H2,21,22,23,26). The maximum absolute atomic E-state index is 12.3. The number of hydrogen-bond donors (Lipinski definition) is 2. The molecule has 7 heteroatoms. The van der Waals surface area contributed by atoms with Gasteiger partial charge in [-0.15, -0.1) is 0 Å². The number of anilines is 1. The summed E-state index contributed by atoms with van der Waals surface area (Å²) in [7, 11) is 0. The Labute approximate surface area is 171 Å². The number of thiocarbonyl (C=S) groups is 1. The molecule has 1 saturated heterocycles. The number of carbonyl (C=O) groups excluding carboxylic acids is 1. The first-order valence-electron chi connectivity index (χ1n) is 8.33. The highest BCUT2D eigenvalue weighted by Crippen LogP contribution is 2.20. The smallest absolute Gasteiger partial charge is 0.258 e. The number of nitrogens with one attached hydrogen (secondary N) is 2. The molecule has 1 aliphatic rings. The molecule has 26 heavy (non-hydrogen) atoms. The van der Waals surface area contributed by atoms with Gasteiger partial charge in [0.25, 0.3) is 5.91 Å². The normalized spacial score (nSPS) is 16.1. The fraction of sp³-hybridized carbons (Fsp3) is 0.263. The first-order valence-corrected chi connectivity index (χ1v) is 9.82. The Morgan fingerprint density at radius 3 is 2.88 bits per heavy atom. The average molecular weight is 482 g/mol. The van der Waals surface area contributed by atoms with E-state index in [-0.39, 0.29) is 17.1 Å². The van der Waals surface area contributed by atoms with Gasteiger partial charge in [-0.05, 0) is 71.9 Å². The van der Waals surface area contributed by atoms with Crippen molar-refractivity contribution in [1.82, 2.24) is 5.32 Å². The molecular weight excluding hydrogens is 463 g/mol. The zero-order chi connectivity index (χ0) is 18.4. The molecule has 1 unspecified atom stereocenters. The highest BCUT2D eigenvalue weighted by Gasteiger charge is 2.16. The van der Waals surface area contributed by atoms with Crippen LogP contribution >= 0.6 is 34.8 Å². The van der Waals surface area contributed by atoms with Crippen LogP contribution in [0.1, 0.15) is 23.2 Å². The van der Waals surface area contributed by atoms with Gasteiger partial charge in [-0.2, -0.15) is 0 Å². The lowest BCUT2D eigenvalue weighted by Gasteiger charge is -2.14. The molecular formula is C19H19IN2O3S. The fourth-order valence-corrected chi connectivity index (χ4v) is 3.45. The fourth-order valence-electron chi connectivity index (χ4n) is 2.61. The Bertz CT molecular complexity index is 794. The van der Waals surface area contributed by atoms with Crippen molar-refractivity contribution in [2.45, 2.75) is 18.9 Å². The zero-order valence-electron chi connectivity index (χ0n) is 14.0. The van der Waals surface area contributed by atoms with E-state index in [9.17, 15) is 4.79 Å². The van der Waals surface area contributed by atoms with Crippen LogP contribution in [0.4, 0.5) is 5.69 Å². The van der Waals surface area contributed by atoms with Crippen molar-refractivity contribution in [3.8, 4) is 5.75 Å². The summed E-state index contributed by atoms with van der Waals surface area (Å²) in [5.41, 5.74) is 1.34. The topological polar surface area (TPSA) is 59.6 Å². The Morgan fingerprint density at radius 1 is 1.27 bits per heavy atom. The van der Waals surface area contributed by atoms with Gasteiger partial charge in [0.05, 0.1) is 11.7 Å². The number of rotatable bonds is 5. The second kappa shape index (κ2) is 9.29. The first kappa shape index (κ1) is 19.1. The molecule has 0 aromatic heterocycles. The quantitative estimate of drug-likeness (QED) is 0.499. The maximum atomic E-state index is 12.3. The summed E-state index contributed by atoms with van der Waals surface area (Å²) in [6, 6.07) is 14.8. The molecule has 0 radical (unpaired) electrons. The van der Waals surface area contributed by atoms with Crippen molar-refractivity contribution >= 4 is 51.5 Å². The van der Waals surface area contributed by atoms with Crippen LogP contribution in [0, 0.1) is 3.57 Å². The van der Waals surface area contributed by atoms with E-state index in [0.717, 1.165) is 34.5 Å². The summed E-state index contributed by atoms with van der Waals surface area (Å²) in [5, 5.41) is 5.96. The lowest BCUT2D eigenvalue weighted by Crippen LogP contribution is -2.34. The van der Waals surface area contributed by atoms with Crippen LogP contribution in [0.15, 0.2) is 48.5 Å². The number of benzene rings is 2. The lowest BCUT2D eigenvalue weighted by molar-refractivity contribution is 0.0680. The predicted molar refractivity (Wildman–Crippen MR) is 114 cm³/mol. The lowest BCUT2D eigenvalue weighted by atomic mass is 10.2. The van der Waals surface area contributed by atoms with Crippen LogP contribution in [-0.2, 0) is 4.74 Å². The Balaban J connectivity index is 1.54. The van der Waals surface area contributed by atoms with E-state index in [1.807, 2.05) is 42.5 Å². The number of hydrogen-bond acceptors (Lipinski definition) is 4. The Kier molecular flexibility index (Phi) is 6.81. The minimum absolute atomic E-state index is 0.167. The van der Waals surface area contributed by atoms with Gasteiger partial charge < -0.3 is 14.8 Å². The van der Waals surface area contributed by atoms with Gasteiger partial charge >= 0.3 is 0 Å². The van der Waals surface area contributed by atoms with Crippen LogP contribution in [0.5, 0.6) is 5.75 Å². The molecule has 1 aliphatic heterocycles. The molecule has 1 atom stereocenters. The summed E-state index contributed by atoms with van der Waals surface area (Å²) < 4.78 is 12.2. The summed E-state index contributed by atoms with van der Waals surface area (Å²) in [6.45, 7) is 1.35. The van der Waals surface area contributed by atoms with Crippen LogP contribution in [0.3, 0.4) is 0 Å². The van der Waals surface area contributed by atoms with Gasteiger partial charge in [-0.1, -0.05) is 18.2 Å². The molecule has 1 amide bonds. The second-order valence-corrected chi connectivity index (χ2v) is 7.43. The largest absolute Gasteiger partial charge is 0.491 e. The molecule has 0 aliphatic carbocycles. The van der Waals surface area contributed by atoms with Crippen LogP contribution in [0.2, 0.25) is 0 Å². The van der Waals surface area contributed by atoms with Crippen molar-refractivity contribution in [3.63, 3.8) is 0 Å². The highest BCUT2D eigenvalue weighted by molar-refractivity contribution is 14.1. The van der Waals surface area contributed by atoms with E-state index in [2.05, 4.69) is 33.2 Å². The van der Waals surface area contributed by atoms with E-state index in [0.29, 0.717) is 12.2 Å². The van der Waals surface area contributed by atoms with E-state index in [1.54, 1.807) is 6.07 Å². The summed E-state index contributed by atoms with van der Waals surface area (Å²) in [4.78, 5) is 12.3. The van der Waals surface area contributed by atoms with Crippen LogP contribution in [0.25, 0.3) is 0 Å². The molecule has 136 valence electrons. The number of ether oxygens (including phenoxy) is 2. The van der Waals surface area contributed by atoms with Gasteiger partial charge in [0.15, 0.2) is 5.11 Å². The molecule has 1 heterocycles. The predicted octanol–water partition coefficient (Wildman–Crippen LogP) is 3.98. The molecule has 2 N–H and O–H groups in total. The number of halogens is 1. The van der Waals surface area contributed by atoms with E-state index in [1.165, 1.54) is 0 Å². The molecule has 1 fully saturated rings. The zero-order valence-corrected chi connectivity index (χ0v) is 17.0. The minimum Gasteiger partial charge on any atom is -0.491 e. The first-order chi connectivity index (χ1) is 12.6. The SMILES string of the molecule is O=C(NC(=S)Nc1cccc(OCC2CCCO2)c1)c1ccccc1I. The van der Waals surface area contributed by atoms with Crippen molar-refractivity contribution in [2.75, 3.05) is 18.5 Å². The van der Waals surface area contributed by atoms with E-state index >= 15 is 0 Å². The Hall–Kier alpha value is -1.71. The molecule has 0 saturated carbocycles. The van der Waals surface area contributed by atoms with Gasteiger partial charge in [-0.25, -0.2) is 0 Å². The number of amides is 1. The average Bonchev–Trinajstić information content (AvgIpc) is 3.14. The molecule has 5 nitrogen and oxygen atoms in total. The summed E-state index contributed by atoms with van der Waals surface area (Å²) in [6.07, 6.45) is 2.29. The third-order valence-electron chi connectivity index (χ3n) is 3.90. The second-order valence-electron chi connectivity index (χ2n) is 5.86. The van der Waals surface area contributed by atoms with E-state index < -0.39 is 0 Å². The molecule has 2 aromatic rings. The monoisotopic (exact) mass is 482 g/mol. The molecule has 0 bridgehead atoms. The minimum atomic E-state index is -0.238. The van der Waals surface area contributed by atoms with Gasteiger partial charge in [0.2, 0.25) is 0 Å². The van der Waals surface area contributed by atoms with Gasteiger partial charge in [0.1, 0.15) is 12.4 Å². The van der Waals surface area contributed by atoms with Gasteiger partial charge in [-0.3, -0.25) is 10.1 Å². The highest BCUT2D eigenvalue weighted by atomic mass is 127. The molecule has 2 aromatic carbocycles. The van der Waals surface area contributed by atoms with Crippen LogP contribution in [-0.4, -0.2) is 30.3 Å². The van der Waals surface area contributed by atoms with Crippen molar-refractivity contribution in [3.05, 3.63) is 57.7 Å². The Morgan fingerprint density at radius 2 is 2.12 bits per heavy atom. The summed E-state index contributed by atoms with van der Waals surface area (Å²) in [5.74, 6) is 0.496. The summed E-state index contributed by atoms with van der Waals surface area (Å²) >= 11 is 7.37. The van der Waals surface area contributed by atoms with Crippen molar-refractivity contribution in [1.29, 1.82) is 0 Å². The molecule has 0 spiro atoms. The van der Waals surface area contributed by atoms with E-state index in [4.69, 9.17) is 21.7 Å². The maximum Gasteiger partial charge on any atom is 0.258 e. The van der Waals surface area contributed by atoms with Crippen molar-refractivity contribution in [2.24, 2.45) is 0 Å².